The lowest BCUT2D eigenvalue weighted by Gasteiger charge is -2.51. The van der Waals surface area contributed by atoms with Crippen LogP contribution in [0.25, 0.3) is 0 Å². The molecular weight excluding hydrogens is 459 g/mol. The van der Waals surface area contributed by atoms with Gasteiger partial charge in [-0.25, -0.2) is 0 Å². The standard InChI is InChI=1S/C26H32Cl2N2O3/c1-17(18(2)29-23(31)20-7-5-6-19(14-20)15-27)24(32)30-13-12-26(33,25(3,4)16-30)21-8-10-22(28)11-9-21/h5-11,14,17-18,33H,12-13,15-16H2,1-4H3,(H,29,31)/t17-,18?,26+/m1/s1. The highest BCUT2D eigenvalue weighted by Crippen LogP contribution is 2.46. The van der Waals surface area contributed by atoms with Crippen molar-refractivity contribution in [2.75, 3.05) is 13.1 Å². The minimum Gasteiger partial charge on any atom is -0.384 e. The lowest BCUT2D eigenvalue weighted by molar-refractivity contribution is -0.156. The number of rotatable bonds is 6. The van der Waals surface area contributed by atoms with Crippen LogP contribution in [0.15, 0.2) is 48.5 Å². The van der Waals surface area contributed by atoms with E-state index in [2.05, 4.69) is 5.32 Å². The monoisotopic (exact) mass is 490 g/mol. The van der Waals surface area contributed by atoms with Gasteiger partial charge < -0.3 is 15.3 Å². The molecule has 0 radical (unpaired) electrons. The second-order valence-electron chi connectivity index (χ2n) is 9.65. The first-order chi connectivity index (χ1) is 15.5. The topological polar surface area (TPSA) is 69.6 Å². The minimum atomic E-state index is -1.06. The summed E-state index contributed by atoms with van der Waals surface area (Å²) in [6, 6.07) is 14.0. The Morgan fingerprint density at radius 1 is 1.15 bits per heavy atom. The Bertz CT molecular complexity index is 1010. The van der Waals surface area contributed by atoms with Gasteiger partial charge in [0.25, 0.3) is 5.91 Å². The first-order valence-electron chi connectivity index (χ1n) is 11.2. The fourth-order valence-corrected chi connectivity index (χ4v) is 4.78. The van der Waals surface area contributed by atoms with Crippen molar-refractivity contribution in [1.29, 1.82) is 0 Å². The highest BCUT2D eigenvalue weighted by atomic mass is 35.5. The number of aliphatic hydroxyl groups is 1. The number of halogens is 2. The smallest absolute Gasteiger partial charge is 0.251 e. The van der Waals surface area contributed by atoms with E-state index in [1.165, 1.54) is 0 Å². The molecule has 3 rings (SSSR count). The SMILES string of the molecule is CC(NC(=O)c1cccc(CCl)c1)[C@@H](C)C(=O)N1CC[C@](O)(c2ccc(Cl)cc2)C(C)(C)C1. The van der Waals surface area contributed by atoms with E-state index in [0.717, 1.165) is 11.1 Å². The third kappa shape index (κ3) is 5.37. The zero-order valence-corrected chi connectivity index (χ0v) is 21.1. The van der Waals surface area contributed by atoms with Crippen LogP contribution in [0.5, 0.6) is 0 Å². The molecule has 1 saturated heterocycles. The van der Waals surface area contributed by atoms with Crippen LogP contribution in [0, 0.1) is 11.3 Å². The average Bonchev–Trinajstić information content (AvgIpc) is 2.80. The molecule has 3 atom stereocenters. The van der Waals surface area contributed by atoms with Gasteiger partial charge in [-0.1, -0.05) is 56.6 Å². The molecule has 1 aliphatic rings. The van der Waals surface area contributed by atoms with E-state index < -0.39 is 16.9 Å². The summed E-state index contributed by atoms with van der Waals surface area (Å²) in [5, 5.41) is 15.1. The highest BCUT2D eigenvalue weighted by molar-refractivity contribution is 6.30. The van der Waals surface area contributed by atoms with E-state index in [1.54, 1.807) is 35.2 Å². The Balaban J connectivity index is 1.67. The van der Waals surface area contributed by atoms with Gasteiger partial charge in [-0.3, -0.25) is 9.59 Å². The molecule has 0 aromatic heterocycles. The summed E-state index contributed by atoms with van der Waals surface area (Å²) in [5.41, 5.74) is 0.557. The van der Waals surface area contributed by atoms with Crippen molar-refractivity contribution in [2.24, 2.45) is 11.3 Å². The van der Waals surface area contributed by atoms with Crippen molar-refractivity contribution in [3.05, 3.63) is 70.2 Å². The molecule has 1 unspecified atom stereocenters. The number of benzene rings is 2. The summed E-state index contributed by atoms with van der Waals surface area (Å²) < 4.78 is 0. The maximum absolute atomic E-state index is 13.3. The van der Waals surface area contributed by atoms with Crippen LogP contribution in [-0.2, 0) is 16.3 Å². The van der Waals surface area contributed by atoms with Crippen molar-refractivity contribution in [3.8, 4) is 0 Å². The van der Waals surface area contributed by atoms with E-state index in [-0.39, 0.29) is 17.9 Å². The molecule has 178 valence electrons. The first-order valence-corrected chi connectivity index (χ1v) is 12.1. The van der Waals surface area contributed by atoms with Crippen LogP contribution in [0.2, 0.25) is 5.02 Å². The summed E-state index contributed by atoms with van der Waals surface area (Å²) in [5.74, 6) is -0.352. The molecule has 0 saturated carbocycles. The number of alkyl halides is 1. The molecule has 2 N–H and O–H groups in total. The first kappa shape index (κ1) is 25.5. The fourth-order valence-electron chi connectivity index (χ4n) is 4.48. The molecular formula is C26H32Cl2N2O3. The van der Waals surface area contributed by atoms with Crippen LogP contribution >= 0.6 is 23.2 Å². The summed E-state index contributed by atoms with van der Waals surface area (Å²) >= 11 is 11.9. The number of hydrogen-bond donors (Lipinski definition) is 2. The lowest BCUT2D eigenvalue weighted by atomic mass is 9.66. The van der Waals surface area contributed by atoms with Crippen LogP contribution < -0.4 is 5.32 Å². The summed E-state index contributed by atoms with van der Waals surface area (Å²) in [7, 11) is 0. The zero-order chi connectivity index (χ0) is 24.4. The molecule has 5 nitrogen and oxygen atoms in total. The molecule has 33 heavy (non-hydrogen) atoms. The normalized spacial score (nSPS) is 21.8. The van der Waals surface area contributed by atoms with Crippen molar-refractivity contribution >= 4 is 35.0 Å². The van der Waals surface area contributed by atoms with E-state index in [0.29, 0.717) is 36.0 Å². The Labute approximate surface area is 206 Å². The summed E-state index contributed by atoms with van der Waals surface area (Å²) in [6.07, 6.45) is 0.423. The van der Waals surface area contributed by atoms with E-state index in [4.69, 9.17) is 23.2 Å². The molecule has 0 spiro atoms. The number of hydrogen-bond acceptors (Lipinski definition) is 3. The highest BCUT2D eigenvalue weighted by Gasteiger charge is 2.50. The molecule has 1 aliphatic heterocycles. The van der Waals surface area contributed by atoms with Gasteiger partial charge in [0.2, 0.25) is 5.91 Å². The van der Waals surface area contributed by atoms with Gasteiger partial charge in [0, 0.05) is 41.0 Å². The van der Waals surface area contributed by atoms with Gasteiger partial charge in [-0.2, -0.15) is 0 Å². The fraction of sp³-hybridized carbons (Fsp3) is 0.462. The maximum Gasteiger partial charge on any atom is 0.251 e. The minimum absolute atomic E-state index is 0.0384. The van der Waals surface area contributed by atoms with Crippen LogP contribution in [0.4, 0.5) is 0 Å². The molecule has 0 bridgehead atoms. The van der Waals surface area contributed by atoms with Crippen LogP contribution in [0.1, 0.15) is 55.6 Å². The Kier molecular flexibility index (Phi) is 7.77. The predicted octanol–water partition coefficient (Wildman–Crippen LogP) is 4.98. The molecule has 2 aromatic rings. The van der Waals surface area contributed by atoms with E-state index >= 15 is 0 Å². The van der Waals surface area contributed by atoms with Gasteiger partial charge in [-0.05, 0) is 48.7 Å². The van der Waals surface area contributed by atoms with Crippen LogP contribution in [-0.4, -0.2) is 41.0 Å². The van der Waals surface area contributed by atoms with Gasteiger partial charge >= 0.3 is 0 Å². The quantitative estimate of drug-likeness (QED) is 0.560. The van der Waals surface area contributed by atoms with Gasteiger partial charge in [0.15, 0.2) is 0 Å². The zero-order valence-electron chi connectivity index (χ0n) is 19.6. The number of carbonyl (C=O) groups excluding carboxylic acids is 2. The number of nitrogens with one attached hydrogen (secondary N) is 1. The van der Waals surface area contributed by atoms with Crippen molar-refractivity contribution < 1.29 is 14.7 Å². The number of nitrogens with zero attached hydrogens (tertiary/aromatic N) is 1. The Morgan fingerprint density at radius 2 is 1.82 bits per heavy atom. The third-order valence-corrected chi connectivity index (χ3v) is 7.49. The molecule has 0 aliphatic carbocycles. The van der Waals surface area contributed by atoms with Crippen molar-refractivity contribution in [2.45, 2.75) is 51.6 Å². The third-order valence-electron chi connectivity index (χ3n) is 6.92. The molecule has 1 fully saturated rings. The lowest BCUT2D eigenvalue weighted by Crippen LogP contribution is -2.58. The van der Waals surface area contributed by atoms with Crippen LogP contribution in [0.3, 0.4) is 0 Å². The molecule has 1 heterocycles. The average molecular weight is 491 g/mol. The van der Waals surface area contributed by atoms with E-state index in [1.807, 2.05) is 45.9 Å². The summed E-state index contributed by atoms with van der Waals surface area (Å²) in [6.45, 7) is 8.46. The second kappa shape index (κ2) is 10.0. The number of likely N-dealkylation sites (tertiary alicyclic amines) is 1. The summed E-state index contributed by atoms with van der Waals surface area (Å²) in [4.78, 5) is 27.8. The van der Waals surface area contributed by atoms with Gasteiger partial charge in [0.05, 0.1) is 11.5 Å². The molecule has 2 amide bonds. The number of piperidine rings is 1. The second-order valence-corrected chi connectivity index (χ2v) is 10.3. The largest absolute Gasteiger partial charge is 0.384 e. The van der Waals surface area contributed by atoms with Gasteiger partial charge in [-0.15, -0.1) is 11.6 Å². The maximum atomic E-state index is 13.3. The number of carbonyl (C=O) groups is 2. The van der Waals surface area contributed by atoms with Gasteiger partial charge in [0.1, 0.15) is 0 Å². The van der Waals surface area contributed by atoms with E-state index in [9.17, 15) is 14.7 Å². The number of amides is 2. The van der Waals surface area contributed by atoms with Crippen molar-refractivity contribution in [1.82, 2.24) is 10.2 Å². The Hall–Kier alpha value is -2.08. The Morgan fingerprint density at radius 3 is 2.42 bits per heavy atom. The molecule has 7 heteroatoms. The predicted molar refractivity (Wildman–Crippen MR) is 132 cm³/mol. The molecule has 2 aromatic carbocycles. The van der Waals surface area contributed by atoms with Crippen molar-refractivity contribution in [3.63, 3.8) is 0 Å².